The fraction of sp³-hybridized carbons (Fsp3) is 0.611. The standard InChI is InChI=1S/C18H30O2/c1-2-3-4-5-6-7-8-9-10-11-12-13-14-15-16-17-18(19)20/h3-4,6-7,9-10H,2,5,8,11-17H2,1H3,(H,19,20)/b4-3-,7-6-,10-9-/i1+1,2+1,3+1,4+1,5+1,6+1,7+1,8+1,9+1,10+1,11+1,12+1,13+1,14+1,15+1,16+1,17+1,18+1. The van der Waals surface area contributed by atoms with Gasteiger partial charge in [-0.2, -0.15) is 0 Å². The van der Waals surface area contributed by atoms with E-state index in [1.165, 1.54) is 12.8 Å². The highest BCUT2D eigenvalue weighted by Crippen LogP contribution is 2.07. The first-order valence-electron chi connectivity index (χ1n) is 7.94. The highest BCUT2D eigenvalue weighted by Gasteiger charge is 1.95. The van der Waals surface area contributed by atoms with Crippen molar-refractivity contribution in [2.45, 2.75) is 71.1 Å². The number of hydrogen-bond acceptors (Lipinski definition) is 1. The SMILES string of the molecule is [13CH3][13CH2]/[13CH]=[13CH]\[13CH2]/[13CH]=[13CH]\[13CH2]/[13CH]=[13CH]\[13CH2][13CH2][13CH2][13CH2][13CH2][13CH2][13CH2][13C](=O)O. The van der Waals surface area contributed by atoms with Crippen molar-refractivity contribution in [2.24, 2.45) is 0 Å². The highest BCUT2D eigenvalue weighted by atomic mass is 16.5. The van der Waals surface area contributed by atoms with Crippen LogP contribution >= 0.6 is 0 Å². The Morgan fingerprint density at radius 2 is 1.35 bits per heavy atom. The molecule has 0 heterocycles. The molecule has 0 aliphatic heterocycles. The fourth-order valence-corrected chi connectivity index (χ4v) is 1.90. The maximum absolute atomic E-state index is 10.3. The second kappa shape index (κ2) is 15.7. The Bertz CT molecular complexity index is 301. The molecule has 0 aromatic heterocycles. The molecule has 0 aromatic rings. The lowest BCUT2D eigenvalue weighted by Gasteiger charge is -1.98. The monoisotopic (exact) mass is 296 g/mol. The minimum atomic E-state index is -0.675. The summed E-state index contributed by atoms with van der Waals surface area (Å²) in [4.78, 5) is 10.3. The van der Waals surface area contributed by atoms with Gasteiger partial charge in [0, 0.05) is 6.42 Å². The quantitative estimate of drug-likeness (QED) is 0.270. The van der Waals surface area contributed by atoms with E-state index < -0.39 is 5.97 Å². The normalized spacial score (nSPS) is 12.1. The third-order valence-corrected chi connectivity index (χ3v) is 3.04. The number of carbonyl (C=O) groups is 1. The first-order valence-corrected chi connectivity index (χ1v) is 7.94. The van der Waals surface area contributed by atoms with Crippen molar-refractivity contribution < 1.29 is 9.90 Å². The summed E-state index contributed by atoms with van der Waals surface area (Å²) < 4.78 is 0. The Kier molecular flexibility index (Phi) is 14.7. The number of carboxylic acid groups (broad SMARTS) is 1. The predicted molar refractivity (Wildman–Crippen MR) is 86.9 cm³/mol. The molecule has 0 radical (unpaired) electrons. The lowest BCUT2D eigenvalue weighted by molar-refractivity contribution is -0.137. The Morgan fingerprint density at radius 3 is 2.00 bits per heavy atom. The van der Waals surface area contributed by atoms with Gasteiger partial charge in [-0.05, 0) is 38.5 Å². The zero-order chi connectivity index (χ0) is 14.9. The zero-order valence-corrected chi connectivity index (χ0v) is 12.9. The summed E-state index contributed by atoms with van der Waals surface area (Å²) in [6, 6.07) is 0. The largest absolute Gasteiger partial charge is 0.481 e. The molecule has 0 saturated carbocycles. The van der Waals surface area contributed by atoms with E-state index >= 15 is 0 Å². The van der Waals surface area contributed by atoms with Crippen molar-refractivity contribution in [2.75, 3.05) is 0 Å². The lowest BCUT2D eigenvalue weighted by atomic mass is 11.1. The van der Waals surface area contributed by atoms with Crippen molar-refractivity contribution in [3.05, 3.63) is 36.5 Å². The third kappa shape index (κ3) is 16.7. The first-order chi connectivity index (χ1) is 9.77. The van der Waals surface area contributed by atoms with Crippen LogP contribution in [0.4, 0.5) is 0 Å². The first kappa shape index (κ1) is 18.7. The summed E-state index contributed by atoms with van der Waals surface area (Å²) in [5.41, 5.74) is 0. The molecule has 0 spiro atoms. The van der Waals surface area contributed by atoms with Gasteiger partial charge in [-0.1, -0.05) is 62.6 Å². The maximum atomic E-state index is 10.3. The summed E-state index contributed by atoms with van der Waals surface area (Å²) in [5.74, 6) is -0.675. The van der Waals surface area contributed by atoms with Crippen LogP contribution in [0.15, 0.2) is 36.5 Å². The average molecular weight is 296 g/mol. The van der Waals surface area contributed by atoms with E-state index in [-0.39, 0.29) is 0 Å². The average Bonchev–Trinajstić information content (AvgIpc) is 2.43. The van der Waals surface area contributed by atoms with E-state index in [4.69, 9.17) is 5.11 Å². The van der Waals surface area contributed by atoms with Gasteiger partial charge in [0.2, 0.25) is 0 Å². The topological polar surface area (TPSA) is 37.3 Å². The van der Waals surface area contributed by atoms with Crippen LogP contribution in [0.2, 0.25) is 0 Å². The molecule has 0 unspecified atom stereocenters. The van der Waals surface area contributed by atoms with E-state index in [2.05, 4.69) is 43.4 Å². The highest BCUT2D eigenvalue weighted by molar-refractivity contribution is 5.66. The molecule has 0 aliphatic carbocycles. The maximum Gasteiger partial charge on any atom is 0.303 e. The fourth-order valence-electron chi connectivity index (χ4n) is 1.90. The molecule has 2 nitrogen and oxygen atoms in total. The number of hydrogen-bond donors (Lipinski definition) is 1. The van der Waals surface area contributed by atoms with Crippen molar-refractivity contribution in [3.63, 3.8) is 0 Å². The van der Waals surface area contributed by atoms with E-state index in [9.17, 15) is 4.79 Å². The molecule has 20 heavy (non-hydrogen) atoms. The smallest absolute Gasteiger partial charge is 0.303 e. The van der Waals surface area contributed by atoms with Gasteiger partial charge in [-0.25, -0.2) is 0 Å². The predicted octanol–water partition coefficient (Wildman–Crippen LogP) is 5.66. The molecule has 114 valence electrons. The van der Waals surface area contributed by atoms with Gasteiger partial charge in [-0.15, -0.1) is 0 Å². The zero-order valence-electron chi connectivity index (χ0n) is 12.9. The Morgan fingerprint density at radius 1 is 0.800 bits per heavy atom. The van der Waals surface area contributed by atoms with Crippen LogP contribution in [0.25, 0.3) is 0 Å². The van der Waals surface area contributed by atoms with Gasteiger partial charge in [0.15, 0.2) is 0 Å². The molecular weight excluding hydrogens is 266 g/mol. The Balaban J connectivity index is 3.23. The van der Waals surface area contributed by atoms with Gasteiger partial charge in [0.25, 0.3) is 0 Å². The summed E-state index contributed by atoms with van der Waals surface area (Å²) in [6.45, 7) is 2.15. The van der Waals surface area contributed by atoms with Gasteiger partial charge < -0.3 is 5.11 Å². The number of allylic oxidation sites excluding steroid dienone is 6. The van der Waals surface area contributed by atoms with Crippen LogP contribution in [0, 0.1) is 0 Å². The van der Waals surface area contributed by atoms with Crippen LogP contribution in [0.3, 0.4) is 0 Å². The Labute approximate surface area is 124 Å². The number of unbranched alkanes of at least 4 members (excludes halogenated alkanes) is 5. The minimum absolute atomic E-state index is 0.319. The third-order valence-electron chi connectivity index (χ3n) is 3.04. The molecule has 0 atom stereocenters. The van der Waals surface area contributed by atoms with Crippen molar-refractivity contribution in [3.8, 4) is 0 Å². The van der Waals surface area contributed by atoms with Crippen LogP contribution < -0.4 is 0 Å². The van der Waals surface area contributed by atoms with E-state index in [0.29, 0.717) is 6.42 Å². The molecule has 0 aromatic carbocycles. The van der Waals surface area contributed by atoms with E-state index in [1.807, 2.05) is 0 Å². The number of aliphatic carboxylic acids is 1. The number of rotatable bonds is 13. The van der Waals surface area contributed by atoms with Gasteiger partial charge in [-0.3, -0.25) is 4.79 Å². The van der Waals surface area contributed by atoms with Crippen LogP contribution in [-0.4, -0.2) is 11.1 Å². The molecule has 0 rings (SSSR count). The van der Waals surface area contributed by atoms with Crippen LogP contribution in [-0.2, 0) is 4.79 Å². The molecule has 0 fully saturated rings. The van der Waals surface area contributed by atoms with Crippen LogP contribution in [0.5, 0.6) is 0 Å². The van der Waals surface area contributed by atoms with Gasteiger partial charge in [0.1, 0.15) is 0 Å². The summed E-state index contributed by atoms with van der Waals surface area (Å²) in [6.07, 6.45) is 23.4. The molecule has 0 bridgehead atoms. The van der Waals surface area contributed by atoms with Crippen molar-refractivity contribution in [1.82, 2.24) is 0 Å². The number of carboxylic acids is 1. The molecule has 2 heteroatoms. The van der Waals surface area contributed by atoms with Gasteiger partial charge in [0.05, 0.1) is 0 Å². The van der Waals surface area contributed by atoms with E-state index in [0.717, 1.165) is 44.9 Å². The van der Waals surface area contributed by atoms with Crippen molar-refractivity contribution >= 4 is 5.97 Å². The molecule has 0 aliphatic rings. The second-order valence-corrected chi connectivity index (χ2v) is 4.99. The molecular formula is C18H30O2. The van der Waals surface area contributed by atoms with Crippen molar-refractivity contribution in [1.29, 1.82) is 0 Å². The Hall–Kier alpha value is -1.31. The molecule has 0 saturated heterocycles. The summed E-state index contributed by atoms with van der Waals surface area (Å²) >= 11 is 0. The molecule has 0 amide bonds. The van der Waals surface area contributed by atoms with Crippen LogP contribution in [0.1, 0.15) is 71.1 Å². The minimum Gasteiger partial charge on any atom is -0.481 e. The lowest BCUT2D eigenvalue weighted by Crippen LogP contribution is -1.93. The summed E-state index contributed by atoms with van der Waals surface area (Å²) in [7, 11) is 0. The van der Waals surface area contributed by atoms with E-state index in [1.54, 1.807) is 0 Å². The second-order valence-electron chi connectivity index (χ2n) is 4.99. The molecule has 1 N–H and O–H groups in total. The summed E-state index contributed by atoms with van der Waals surface area (Å²) in [5, 5.41) is 8.50. The van der Waals surface area contributed by atoms with Gasteiger partial charge >= 0.3 is 5.97 Å².